The fraction of sp³-hybridized carbons (Fsp3) is 0.391. The lowest BCUT2D eigenvalue weighted by molar-refractivity contribution is -0.151. The summed E-state index contributed by atoms with van der Waals surface area (Å²) in [5, 5.41) is 0. The van der Waals surface area contributed by atoms with Gasteiger partial charge in [-0.3, -0.25) is 9.69 Å². The van der Waals surface area contributed by atoms with Gasteiger partial charge in [0.1, 0.15) is 5.82 Å². The molecule has 2 aliphatic rings. The van der Waals surface area contributed by atoms with Crippen molar-refractivity contribution in [1.82, 2.24) is 9.80 Å². The molecule has 0 aromatic heterocycles. The van der Waals surface area contributed by atoms with Crippen LogP contribution in [-0.2, 0) is 22.5 Å². The van der Waals surface area contributed by atoms with Crippen LogP contribution >= 0.6 is 0 Å². The third kappa shape index (κ3) is 4.17. The summed E-state index contributed by atoms with van der Waals surface area (Å²) < 4.78 is 18.7. The van der Waals surface area contributed by atoms with E-state index in [1.807, 2.05) is 17.0 Å². The van der Waals surface area contributed by atoms with Gasteiger partial charge in [-0.15, -0.1) is 0 Å². The summed E-state index contributed by atoms with van der Waals surface area (Å²) >= 11 is 0. The smallest absolute Gasteiger partial charge is 0.339 e. The molecular weight excluding hydrogens is 371 g/mol. The molecule has 2 aliphatic heterocycles. The molecule has 0 bridgehead atoms. The average molecular weight is 396 g/mol. The van der Waals surface area contributed by atoms with Crippen molar-refractivity contribution in [3.63, 3.8) is 0 Å². The maximum absolute atomic E-state index is 13.3. The van der Waals surface area contributed by atoms with Gasteiger partial charge in [-0.1, -0.05) is 30.3 Å². The summed E-state index contributed by atoms with van der Waals surface area (Å²) in [5.74, 6) is -0.808. The number of amides is 1. The first-order valence-corrected chi connectivity index (χ1v) is 10.0. The predicted octanol–water partition coefficient (Wildman–Crippen LogP) is 3.03. The second-order valence-corrected chi connectivity index (χ2v) is 8.00. The Kier molecular flexibility index (Phi) is 5.37. The van der Waals surface area contributed by atoms with Gasteiger partial charge in [0.15, 0.2) is 5.60 Å². The van der Waals surface area contributed by atoms with Crippen molar-refractivity contribution in [2.24, 2.45) is 0 Å². The highest BCUT2D eigenvalue weighted by Gasteiger charge is 2.44. The third-order valence-electron chi connectivity index (χ3n) is 5.73. The molecule has 152 valence electrons. The van der Waals surface area contributed by atoms with Gasteiger partial charge in [-0.25, -0.2) is 9.18 Å². The number of fused-ring (bicyclic) bond motifs is 1. The van der Waals surface area contributed by atoms with Crippen LogP contribution in [0, 0.1) is 5.82 Å². The first-order chi connectivity index (χ1) is 13.9. The maximum atomic E-state index is 13.3. The van der Waals surface area contributed by atoms with Gasteiger partial charge < -0.3 is 9.64 Å². The second kappa shape index (κ2) is 7.95. The zero-order valence-electron chi connectivity index (χ0n) is 16.6. The van der Waals surface area contributed by atoms with Gasteiger partial charge in [0, 0.05) is 39.1 Å². The molecule has 5 nitrogen and oxygen atoms in total. The molecule has 1 fully saturated rings. The highest BCUT2D eigenvalue weighted by molar-refractivity contribution is 5.97. The molecule has 2 heterocycles. The lowest BCUT2D eigenvalue weighted by atomic mass is 9.89. The van der Waals surface area contributed by atoms with E-state index in [9.17, 15) is 14.0 Å². The van der Waals surface area contributed by atoms with E-state index in [1.54, 1.807) is 31.2 Å². The summed E-state index contributed by atoms with van der Waals surface area (Å²) in [4.78, 5) is 29.8. The fourth-order valence-corrected chi connectivity index (χ4v) is 4.17. The molecular formula is C23H25FN2O3. The zero-order valence-corrected chi connectivity index (χ0v) is 16.6. The largest absolute Gasteiger partial charge is 0.445 e. The van der Waals surface area contributed by atoms with Crippen LogP contribution in [0.25, 0.3) is 0 Å². The number of carbonyl (C=O) groups excluding carboxylic acids is 2. The fourth-order valence-electron chi connectivity index (χ4n) is 4.17. The Morgan fingerprint density at radius 2 is 1.83 bits per heavy atom. The van der Waals surface area contributed by atoms with Crippen molar-refractivity contribution in [1.29, 1.82) is 0 Å². The Bertz CT molecular complexity index is 915. The Hall–Kier alpha value is -2.73. The van der Waals surface area contributed by atoms with E-state index in [1.165, 1.54) is 12.1 Å². The van der Waals surface area contributed by atoms with Crippen LogP contribution < -0.4 is 0 Å². The molecule has 0 aliphatic carbocycles. The number of halogens is 1. The number of nitrogens with zero attached hydrogens (tertiary/aromatic N) is 2. The van der Waals surface area contributed by atoms with Crippen molar-refractivity contribution < 1.29 is 18.7 Å². The highest BCUT2D eigenvalue weighted by atomic mass is 19.1. The number of hydrogen-bond acceptors (Lipinski definition) is 4. The number of benzene rings is 2. The molecule has 6 heteroatoms. The van der Waals surface area contributed by atoms with Crippen LogP contribution in [0.3, 0.4) is 0 Å². The van der Waals surface area contributed by atoms with Gasteiger partial charge >= 0.3 is 5.97 Å². The average Bonchev–Trinajstić information content (AvgIpc) is 2.94. The first-order valence-electron chi connectivity index (χ1n) is 10.0. The second-order valence-electron chi connectivity index (χ2n) is 8.00. The Balaban J connectivity index is 1.42. The van der Waals surface area contributed by atoms with Gasteiger partial charge in [0.2, 0.25) is 0 Å². The topological polar surface area (TPSA) is 49.9 Å². The van der Waals surface area contributed by atoms with Gasteiger partial charge in [0.05, 0.1) is 5.56 Å². The molecule has 0 spiro atoms. The monoisotopic (exact) mass is 396 g/mol. The molecule has 1 saturated heterocycles. The Labute approximate surface area is 170 Å². The molecule has 1 atom stereocenters. The number of cyclic esters (lactones) is 1. The highest BCUT2D eigenvalue weighted by Crippen LogP contribution is 2.30. The summed E-state index contributed by atoms with van der Waals surface area (Å²) in [6.45, 7) is 5.23. The molecule has 2 aromatic carbocycles. The molecule has 4 rings (SSSR count). The van der Waals surface area contributed by atoms with E-state index < -0.39 is 11.6 Å². The van der Waals surface area contributed by atoms with Crippen molar-refractivity contribution in [2.75, 3.05) is 26.2 Å². The van der Waals surface area contributed by atoms with Crippen LogP contribution in [0.1, 0.15) is 34.8 Å². The van der Waals surface area contributed by atoms with Gasteiger partial charge in [-0.2, -0.15) is 0 Å². The number of hydrogen-bond donors (Lipinski definition) is 0. The number of carbonyl (C=O) groups is 2. The summed E-state index contributed by atoms with van der Waals surface area (Å²) in [7, 11) is 0. The normalized spacial score (nSPS) is 22.6. The standard InChI is InChI=1S/C23H25FN2O3/c1-23(15-18-5-2-3-6-20(18)21(27)29-23)22(28)26-12-4-11-25(13-14-26)16-17-7-9-19(24)10-8-17/h2-3,5-10H,4,11-16H2,1H3/t23-/m0/s1. The SMILES string of the molecule is C[C@@]1(C(=O)N2CCCN(Cc3ccc(F)cc3)CC2)Cc2ccccc2C(=O)O1. The summed E-state index contributed by atoms with van der Waals surface area (Å²) in [6.07, 6.45) is 1.23. The van der Waals surface area contributed by atoms with Crippen LogP contribution in [-0.4, -0.2) is 53.5 Å². The van der Waals surface area contributed by atoms with Gasteiger partial charge in [-0.05, 0) is 42.7 Å². The minimum absolute atomic E-state index is 0.135. The molecule has 0 N–H and O–H groups in total. The van der Waals surface area contributed by atoms with E-state index >= 15 is 0 Å². The minimum atomic E-state index is -1.17. The van der Waals surface area contributed by atoms with E-state index in [-0.39, 0.29) is 11.7 Å². The number of ether oxygens (including phenoxy) is 1. The van der Waals surface area contributed by atoms with E-state index in [4.69, 9.17) is 4.74 Å². The molecule has 0 radical (unpaired) electrons. The summed E-state index contributed by atoms with van der Waals surface area (Å²) in [5.41, 5.74) is 1.28. The predicted molar refractivity (Wildman–Crippen MR) is 107 cm³/mol. The van der Waals surface area contributed by atoms with Crippen LogP contribution in [0.2, 0.25) is 0 Å². The lowest BCUT2D eigenvalue weighted by Gasteiger charge is -2.37. The minimum Gasteiger partial charge on any atom is -0.445 e. The third-order valence-corrected chi connectivity index (χ3v) is 5.73. The van der Waals surface area contributed by atoms with E-state index in [2.05, 4.69) is 4.90 Å². The van der Waals surface area contributed by atoms with Crippen LogP contribution in [0.5, 0.6) is 0 Å². The quantitative estimate of drug-likeness (QED) is 0.749. The van der Waals surface area contributed by atoms with E-state index in [0.717, 1.165) is 37.2 Å². The molecule has 2 aromatic rings. The Morgan fingerprint density at radius 3 is 2.62 bits per heavy atom. The molecule has 0 unspecified atom stereocenters. The van der Waals surface area contributed by atoms with Gasteiger partial charge in [0.25, 0.3) is 5.91 Å². The zero-order chi connectivity index (χ0) is 20.4. The van der Waals surface area contributed by atoms with Crippen molar-refractivity contribution >= 4 is 11.9 Å². The van der Waals surface area contributed by atoms with E-state index in [0.29, 0.717) is 25.1 Å². The van der Waals surface area contributed by atoms with Crippen LogP contribution in [0.15, 0.2) is 48.5 Å². The van der Waals surface area contributed by atoms with Crippen molar-refractivity contribution in [3.05, 3.63) is 71.0 Å². The van der Waals surface area contributed by atoms with Crippen LogP contribution in [0.4, 0.5) is 4.39 Å². The Morgan fingerprint density at radius 1 is 1.07 bits per heavy atom. The molecule has 1 amide bonds. The van der Waals surface area contributed by atoms with Crippen molar-refractivity contribution in [2.45, 2.75) is 31.9 Å². The van der Waals surface area contributed by atoms with Crippen molar-refractivity contribution in [3.8, 4) is 0 Å². The molecule has 29 heavy (non-hydrogen) atoms. The maximum Gasteiger partial charge on any atom is 0.339 e. The first kappa shape index (κ1) is 19.6. The molecule has 0 saturated carbocycles. The number of rotatable bonds is 3. The number of esters is 1. The lowest BCUT2D eigenvalue weighted by Crippen LogP contribution is -2.53. The summed E-state index contributed by atoms with van der Waals surface area (Å²) in [6, 6.07) is 13.8.